The largest absolute Gasteiger partial charge is 0.457 e. The quantitative estimate of drug-likeness (QED) is 0.536. The van der Waals surface area contributed by atoms with Crippen LogP contribution in [-0.2, 0) is 4.74 Å². The number of halogens is 1. The molecule has 0 bridgehead atoms. The van der Waals surface area contributed by atoms with Crippen LogP contribution in [0.4, 0.5) is 0 Å². The second kappa shape index (κ2) is 4.76. The molecule has 0 aliphatic carbocycles. The lowest BCUT2D eigenvalue weighted by Gasteiger charge is -1.94. The number of esters is 1. The van der Waals surface area contributed by atoms with Crippen LogP contribution in [0.2, 0.25) is 0 Å². The van der Waals surface area contributed by atoms with Crippen LogP contribution < -0.4 is 5.73 Å². The van der Waals surface area contributed by atoms with E-state index in [9.17, 15) is 4.79 Å². The number of hydrogen-bond donors (Lipinski definition) is 1. The van der Waals surface area contributed by atoms with Gasteiger partial charge in [-0.1, -0.05) is 0 Å². The van der Waals surface area contributed by atoms with Crippen molar-refractivity contribution in [2.45, 2.75) is 0 Å². The van der Waals surface area contributed by atoms with E-state index in [0.717, 1.165) is 0 Å². The Balaban J connectivity index is 0.000001000. The van der Waals surface area contributed by atoms with Gasteiger partial charge in [0.25, 0.3) is 0 Å². The number of carbonyl (C=O) groups excluding carboxylic acids is 1. The Bertz CT molecular complexity index is 210. The SMILES string of the molecule is Cl.NCOC(=O)c1ccco1. The fourth-order valence-corrected chi connectivity index (χ4v) is 0.542. The smallest absolute Gasteiger partial charge is 0.375 e. The summed E-state index contributed by atoms with van der Waals surface area (Å²) in [5.74, 6) is -0.363. The van der Waals surface area contributed by atoms with Crippen molar-refractivity contribution >= 4 is 18.4 Å². The summed E-state index contributed by atoms with van der Waals surface area (Å²) in [5.41, 5.74) is 4.95. The molecule has 5 heteroatoms. The number of rotatable bonds is 2. The third-order valence-corrected chi connectivity index (χ3v) is 0.937. The minimum atomic E-state index is -0.535. The highest BCUT2D eigenvalue weighted by Gasteiger charge is 2.07. The monoisotopic (exact) mass is 177 g/mol. The molecule has 0 fully saturated rings. The molecule has 0 saturated carbocycles. The molecule has 1 aromatic rings. The molecule has 0 atom stereocenters. The molecular weight excluding hydrogens is 170 g/mol. The normalized spacial score (nSPS) is 8.45. The molecule has 0 spiro atoms. The molecule has 0 amide bonds. The lowest BCUT2D eigenvalue weighted by molar-refractivity contribution is 0.0479. The van der Waals surface area contributed by atoms with Gasteiger partial charge in [0.15, 0.2) is 0 Å². The van der Waals surface area contributed by atoms with E-state index < -0.39 is 5.97 Å². The molecule has 11 heavy (non-hydrogen) atoms. The predicted molar refractivity (Wildman–Crippen MR) is 40.4 cm³/mol. The maximum absolute atomic E-state index is 10.7. The molecule has 0 saturated heterocycles. The van der Waals surface area contributed by atoms with Crippen molar-refractivity contribution in [3.05, 3.63) is 24.2 Å². The van der Waals surface area contributed by atoms with Crippen LogP contribution in [0.25, 0.3) is 0 Å². The number of hydrogen-bond acceptors (Lipinski definition) is 4. The van der Waals surface area contributed by atoms with Crippen LogP contribution in [0.3, 0.4) is 0 Å². The van der Waals surface area contributed by atoms with Gasteiger partial charge in [0.1, 0.15) is 6.73 Å². The predicted octanol–water partition coefficient (Wildman–Crippen LogP) is 0.774. The van der Waals surface area contributed by atoms with Gasteiger partial charge in [0.2, 0.25) is 5.76 Å². The molecule has 1 aromatic heterocycles. The van der Waals surface area contributed by atoms with Crippen molar-refractivity contribution in [3.8, 4) is 0 Å². The first-order valence-corrected chi connectivity index (χ1v) is 2.75. The Kier molecular flexibility index (Phi) is 4.33. The van der Waals surface area contributed by atoms with E-state index in [1.54, 1.807) is 6.07 Å². The van der Waals surface area contributed by atoms with E-state index in [4.69, 9.17) is 10.2 Å². The van der Waals surface area contributed by atoms with Crippen LogP contribution in [0.1, 0.15) is 10.6 Å². The minimum Gasteiger partial charge on any atom is -0.457 e. The molecule has 0 aliphatic rings. The molecule has 0 aliphatic heterocycles. The molecule has 2 N–H and O–H groups in total. The van der Waals surface area contributed by atoms with Gasteiger partial charge in [-0.25, -0.2) is 4.79 Å². The second-order valence-corrected chi connectivity index (χ2v) is 1.58. The summed E-state index contributed by atoms with van der Waals surface area (Å²) in [6.07, 6.45) is 1.40. The van der Waals surface area contributed by atoms with Gasteiger partial charge in [-0.2, -0.15) is 0 Å². The Hall–Kier alpha value is -1.00. The van der Waals surface area contributed by atoms with Crippen LogP contribution >= 0.6 is 12.4 Å². The Morgan fingerprint density at radius 2 is 2.45 bits per heavy atom. The zero-order valence-electron chi connectivity index (χ0n) is 5.65. The fourth-order valence-electron chi connectivity index (χ4n) is 0.542. The molecular formula is C6H8ClNO3. The third kappa shape index (κ3) is 2.61. The topological polar surface area (TPSA) is 65.5 Å². The summed E-state index contributed by atoms with van der Waals surface area (Å²) in [4.78, 5) is 10.7. The van der Waals surface area contributed by atoms with Gasteiger partial charge in [-0.05, 0) is 12.1 Å². The van der Waals surface area contributed by atoms with E-state index in [-0.39, 0.29) is 24.9 Å². The van der Waals surface area contributed by atoms with Crippen molar-refractivity contribution in [1.29, 1.82) is 0 Å². The summed E-state index contributed by atoms with van der Waals surface area (Å²) in [6.45, 7) is -0.125. The molecule has 1 heterocycles. The fraction of sp³-hybridized carbons (Fsp3) is 0.167. The van der Waals surface area contributed by atoms with Gasteiger partial charge in [0.05, 0.1) is 6.26 Å². The minimum absolute atomic E-state index is 0. The first-order chi connectivity index (χ1) is 4.84. The standard InChI is InChI=1S/C6H7NO3.ClH/c7-4-10-6(8)5-2-1-3-9-5;/h1-3H,4,7H2;1H. The average molecular weight is 178 g/mol. The maximum Gasteiger partial charge on any atom is 0.375 e. The molecule has 0 radical (unpaired) electrons. The lowest BCUT2D eigenvalue weighted by atomic mass is 10.5. The van der Waals surface area contributed by atoms with Crippen LogP contribution in [0, 0.1) is 0 Å². The summed E-state index contributed by atoms with van der Waals surface area (Å²) in [7, 11) is 0. The van der Waals surface area contributed by atoms with Gasteiger partial charge in [-0.3, -0.25) is 5.73 Å². The van der Waals surface area contributed by atoms with Crippen LogP contribution in [-0.4, -0.2) is 12.7 Å². The summed E-state index contributed by atoms with van der Waals surface area (Å²) >= 11 is 0. The van der Waals surface area contributed by atoms with Gasteiger partial charge in [-0.15, -0.1) is 12.4 Å². The molecule has 62 valence electrons. The highest BCUT2D eigenvalue weighted by atomic mass is 35.5. The lowest BCUT2D eigenvalue weighted by Crippen LogP contribution is -2.11. The average Bonchev–Trinajstić information content (AvgIpc) is 2.38. The number of ether oxygens (including phenoxy) is 1. The highest BCUT2D eigenvalue weighted by Crippen LogP contribution is 2.00. The van der Waals surface area contributed by atoms with Gasteiger partial charge >= 0.3 is 5.97 Å². The van der Waals surface area contributed by atoms with E-state index in [1.165, 1.54) is 12.3 Å². The van der Waals surface area contributed by atoms with Crippen LogP contribution in [0.5, 0.6) is 0 Å². The van der Waals surface area contributed by atoms with E-state index >= 15 is 0 Å². The molecule has 4 nitrogen and oxygen atoms in total. The maximum atomic E-state index is 10.7. The molecule has 1 rings (SSSR count). The Morgan fingerprint density at radius 1 is 1.73 bits per heavy atom. The first kappa shape index (κ1) is 10.0. The highest BCUT2D eigenvalue weighted by molar-refractivity contribution is 5.86. The molecule has 0 unspecified atom stereocenters. The zero-order valence-corrected chi connectivity index (χ0v) is 6.47. The molecule has 0 aromatic carbocycles. The van der Waals surface area contributed by atoms with Gasteiger partial charge < -0.3 is 9.15 Å². The van der Waals surface area contributed by atoms with Crippen molar-refractivity contribution in [1.82, 2.24) is 0 Å². The van der Waals surface area contributed by atoms with E-state index in [1.807, 2.05) is 0 Å². The number of carbonyl (C=O) groups is 1. The first-order valence-electron chi connectivity index (χ1n) is 2.75. The summed E-state index contributed by atoms with van der Waals surface area (Å²) < 4.78 is 9.15. The Morgan fingerprint density at radius 3 is 2.91 bits per heavy atom. The van der Waals surface area contributed by atoms with Gasteiger partial charge in [0, 0.05) is 0 Å². The zero-order chi connectivity index (χ0) is 7.40. The Labute approximate surface area is 69.7 Å². The van der Waals surface area contributed by atoms with Crippen molar-refractivity contribution < 1.29 is 13.9 Å². The summed E-state index contributed by atoms with van der Waals surface area (Å²) in [5, 5.41) is 0. The third-order valence-electron chi connectivity index (χ3n) is 0.937. The van der Waals surface area contributed by atoms with E-state index in [2.05, 4.69) is 4.74 Å². The summed E-state index contributed by atoms with van der Waals surface area (Å²) in [6, 6.07) is 3.12. The van der Waals surface area contributed by atoms with E-state index in [0.29, 0.717) is 0 Å². The van der Waals surface area contributed by atoms with Crippen molar-refractivity contribution in [3.63, 3.8) is 0 Å². The van der Waals surface area contributed by atoms with Crippen LogP contribution in [0.15, 0.2) is 22.8 Å². The number of furan rings is 1. The van der Waals surface area contributed by atoms with Crippen molar-refractivity contribution in [2.24, 2.45) is 5.73 Å². The second-order valence-electron chi connectivity index (χ2n) is 1.58. The number of nitrogens with two attached hydrogens (primary N) is 1. The van der Waals surface area contributed by atoms with Crippen molar-refractivity contribution in [2.75, 3.05) is 6.73 Å².